The van der Waals surface area contributed by atoms with Gasteiger partial charge in [-0.05, 0) is 48.4 Å². The van der Waals surface area contributed by atoms with Crippen molar-refractivity contribution in [2.75, 3.05) is 7.11 Å². The minimum Gasteiger partial charge on any atom is -0.496 e. The molecule has 0 aliphatic rings. The van der Waals surface area contributed by atoms with E-state index in [0.29, 0.717) is 5.69 Å². The van der Waals surface area contributed by atoms with Crippen molar-refractivity contribution in [3.8, 4) is 17.0 Å². The molecule has 0 aliphatic carbocycles. The van der Waals surface area contributed by atoms with Crippen LogP contribution in [0.1, 0.15) is 15.9 Å². The monoisotopic (exact) mass is 273 g/mol. The lowest BCUT2D eigenvalue weighted by atomic mass is 10.1. The Labute approximate surface area is 115 Å². The summed E-state index contributed by atoms with van der Waals surface area (Å²) >= 11 is 0. The van der Waals surface area contributed by atoms with Crippen LogP contribution in [0, 0.1) is 6.92 Å². The van der Waals surface area contributed by atoms with Gasteiger partial charge in [0.2, 0.25) is 0 Å². The molecule has 0 unspecified atom stereocenters. The van der Waals surface area contributed by atoms with Crippen LogP contribution < -0.4 is 21.6 Å². The van der Waals surface area contributed by atoms with Gasteiger partial charge in [-0.1, -0.05) is 0 Å². The van der Waals surface area contributed by atoms with E-state index in [9.17, 15) is 9.59 Å². The third-order valence-corrected chi connectivity index (χ3v) is 2.99. The second-order valence-electron chi connectivity index (χ2n) is 4.27. The van der Waals surface area contributed by atoms with Gasteiger partial charge in [-0.2, -0.15) is 0 Å². The molecule has 0 saturated carbocycles. The number of pyridine rings is 1. The number of nitrogens with one attached hydrogen (secondary N) is 2. The largest absolute Gasteiger partial charge is 0.496 e. The lowest BCUT2D eigenvalue weighted by Crippen LogP contribution is -2.34. The van der Waals surface area contributed by atoms with Crippen LogP contribution in [0.15, 0.2) is 35.1 Å². The number of carbonyl (C=O) groups excluding carboxylic acids is 1. The molecular weight excluding hydrogens is 258 g/mol. The highest BCUT2D eigenvalue weighted by molar-refractivity contribution is 5.93. The number of H-pyrrole nitrogens is 1. The molecule has 2 rings (SSSR count). The topological polar surface area (TPSA) is 97.2 Å². The summed E-state index contributed by atoms with van der Waals surface area (Å²) in [5.74, 6) is 5.16. The maximum Gasteiger partial charge on any atom is 0.270 e. The maximum absolute atomic E-state index is 11.8. The fraction of sp³-hybridized carbons (Fsp3) is 0.143. The number of ether oxygens (including phenoxy) is 1. The Kier molecular flexibility index (Phi) is 3.86. The van der Waals surface area contributed by atoms with Crippen molar-refractivity contribution in [2.24, 2.45) is 5.84 Å². The van der Waals surface area contributed by atoms with E-state index in [1.807, 2.05) is 30.5 Å². The van der Waals surface area contributed by atoms with Crippen molar-refractivity contribution in [1.82, 2.24) is 10.4 Å². The second-order valence-corrected chi connectivity index (χ2v) is 4.27. The molecule has 1 amide bonds. The van der Waals surface area contributed by atoms with Gasteiger partial charge in [0.1, 0.15) is 11.3 Å². The SMILES string of the molecule is COc1ccc(-c2ccc(C(=O)NN)c(=O)[nH]2)cc1C. The van der Waals surface area contributed by atoms with Crippen molar-refractivity contribution in [3.63, 3.8) is 0 Å². The van der Waals surface area contributed by atoms with Crippen LogP contribution in [-0.4, -0.2) is 18.0 Å². The summed E-state index contributed by atoms with van der Waals surface area (Å²) in [5, 5.41) is 0. The molecule has 1 heterocycles. The first-order valence-electron chi connectivity index (χ1n) is 5.96. The van der Waals surface area contributed by atoms with Crippen LogP contribution in [0.5, 0.6) is 5.75 Å². The molecule has 0 fully saturated rings. The Hall–Kier alpha value is -2.60. The van der Waals surface area contributed by atoms with Gasteiger partial charge in [-0.25, -0.2) is 5.84 Å². The average molecular weight is 273 g/mol. The molecule has 0 radical (unpaired) electrons. The first-order chi connectivity index (χ1) is 9.56. The van der Waals surface area contributed by atoms with Gasteiger partial charge in [0, 0.05) is 5.69 Å². The number of hydrazine groups is 1. The Bertz CT molecular complexity index is 707. The van der Waals surface area contributed by atoms with Crippen molar-refractivity contribution in [2.45, 2.75) is 6.92 Å². The summed E-state index contributed by atoms with van der Waals surface area (Å²) in [5.41, 5.74) is 3.82. The number of rotatable bonds is 3. The molecule has 0 aliphatic heterocycles. The number of aryl methyl sites for hydroxylation is 1. The molecule has 1 aromatic heterocycles. The summed E-state index contributed by atoms with van der Waals surface area (Å²) in [6.07, 6.45) is 0. The molecule has 6 nitrogen and oxygen atoms in total. The smallest absolute Gasteiger partial charge is 0.270 e. The number of benzene rings is 1. The van der Waals surface area contributed by atoms with Crippen LogP contribution in [0.3, 0.4) is 0 Å². The van der Waals surface area contributed by atoms with Crippen LogP contribution in [0.25, 0.3) is 11.3 Å². The number of aromatic amines is 1. The summed E-state index contributed by atoms with van der Waals surface area (Å²) in [4.78, 5) is 25.8. The summed E-state index contributed by atoms with van der Waals surface area (Å²) < 4.78 is 5.19. The van der Waals surface area contributed by atoms with Gasteiger partial charge >= 0.3 is 0 Å². The van der Waals surface area contributed by atoms with Crippen LogP contribution in [0.4, 0.5) is 0 Å². The standard InChI is InChI=1S/C14H15N3O3/c1-8-7-9(3-6-12(8)20-2)11-5-4-10(13(18)16-11)14(19)17-15/h3-7H,15H2,1-2H3,(H,16,18)(H,17,19). The third-order valence-electron chi connectivity index (χ3n) is 2.99. The number of methoxy groups -OCH3 is 1. The van der Waals surface area contributed by atoms with E-state index >= 15 is 0 Å². The fourth-order valence-corrected chi connectivity index (χ4v) is 1.94. The third kappa shape index (κ3) is 2.55. The number of aromatic nitrogens is 1. The van der Waals surface area contributed by atoms with E-state index in [0.717, 1.165) is 16.9 Å². The first kappa shape index (κ1) is 13.8. The summed E-state index contributed by atoms with van der Waals surface area (Å²) in [6.45, 7) is 1.91. The van der Waals surface area contributed by atoms with E-state index < -0.39 is 11.5 Å². The van der Waals surface area contributed by atoms with E-state index in [1.54, 1.807) is 13.2 Å². The number of hydrogen-bond acceptors (Lipinski definition) is 4. The molecule has 0 spiro atoms. The first-order valence-corrected chi connectivity index (χ1v) is 5.96. The predicted molar refractivity (Wildman–Crippen MR) is 75.4 cm³/mol. The zero-order valence-corrected chi connectivity index (χ0v) is 11.2. The average Bonchev–Trinajstić information content (AvgIpc) is 2.46. The Morgan fingerprint density at radius 3 is 2.60 bits per heavy atom. The van der Waals surface area contributed by atoms with Crippen LogP contribution in [-0.2, 0) is 0 Å². The minimum atomic E-state index is -0.622. The maximum atomic E-state index is 11.8. The molecule has 20 heavy (non-hydrogen) atoms. The van der Waals surface area contributed by atoms with Gasteiger partial charge in [0.05, 0.1) is 7.11 Å². The van der Waals surface area contributed by atoms with E-state index in [-0.39, 0.29) is 5.56 Å². The Morgan fingerprint density at radius 2 is 2.05 bits per heavy atom. The van der Waals surface area contributed by atoms with Gasteiger partial charge < -0.3 is 9.72 Å². The molecule has 1 aromatic carbocycles. The molecular formula is C14H15N3O3. The van der Waals surface area contributed by atoms with Gasteiger partial charge in [-0.3, -0.25) is 15.0 Å². The van der Waals surface area contributed by atoms with Crippen LogP contribution >= 0.6 is 0 Å². The zero-order valence-electron chi connectivity index (χ0n) is 11.2. The van der Waals surface area contributed by atoms with E-state index in [4.69, 9.17) is 10.6 Å². The number of carbonyl (C=O) groups is 1. The number of hydrogen-bond donors (Lipinski definition) is 3. The highest BCUT2D eigenvalue weighted by Crippen LogP contribution is 2.24. The lowest BCUT2D eigenvalue weighted by molar-refractivity contribution is 0.0952. The van der Waals surface area contributed by atoms with Crippen molar-refractivity contribution >= 4 is 5.91 Å². The van der Waals surface area contributed by atoms with Gasteiger partial charge in [-0.15, -0.1) is 0 Å². The van der Waals surface area contributed by atoms with Crippen LogP contribution in [0.2, 0.25) is 0 Å². The normalized spacial score (nSPS) is 10.2. The van der Waals surface area contributed by atoms with Crippen molar-refractivity contribution in [3.05, 3.63) is 51.8 Å². The number of nitrogen functional groups attached to an aromatic ring is 1. The van der Waals surface area contributed by atoms with E-state index in [2.05, 4.69) is 4.98 Å². The lowest BCUT2D eigenvalue weighted by Gasteiger charge is -2.08. The quantitative estimate of drug-likeness (QED) is 0.441. The van der Waals surface area contributed by atoms with Gasteiger partial charge in [0.15, 0.2) is 0 Å². The predicted octanol–water partition coefficient (Wildman–Crippen LogP) is 0.962. The number of nitrogens with two attached hydrogens (primary N) is 1. The minimum absolute atomic E-state index is 0.0264. The van der Waals surface area contributed by atoms with Crippen molar-refractivity contribution in [1.29, 1.82) is 0 Å². The number of amides is 1. The molecule has 0 atom stereocenters. The molecule has 0 bridgehead atoms. The summed E-state index contributed by atoms with van der Waals surface area (Å²) in [7, 11) is 1.60. The molecule has 0 saturated heterocycles. The molecule has 4 N–H and O–H groups in total. The fourth-order valence-electron chi connectivity index (χ4n) is 1.94. The Balaban J connectivity index is 2.44. The van der Waals surface area contributed by atoms with Crippen molar-refractivity contribution < 1.29 is 9.53 Å². The second kappa shape index (κ2) is 5.58. The highest BCUT2D eigenvalue weighted by Gasteiger charge is 2.10. The summed E-state index contributed by atoms with van der Waals surface area (Å²) in [6, 6.07) is 8.65. The molecule has 2 aromatic rings. The Morgan fingerprint density at radius 1 is 1.30 bits per heavy atom. The van der Waals surface area contributed by atoms with E-state index in [1.165, 1.54) is 6.07 Å². The zero-order chi connectivity index (χ0) is 14.7. The molecule has 6 heteroatoms. The van der Waals surface area contributed by atoms with Gasteiger partial charge in [0.25, 0.3) is 11.5 Å². The molecule has 104 valence electrons. The highest BCUT2D eigenvalue weighted by atomic mass is 16.5.